The van der Waals surface area contributed by atoms with Crippen molar-refractivity contribution < 1.29 is 13.9 Å². The van der Waals surface area contributed by atoms with Gasteiger partial charge in [-0.15, -0.1) is 0 Å². The van der Waals surface area contributed by atoms with Gasteiger partial charge in [-0.25, -0.2) is 9.18 Å². The number of halogens is 1. The number of nitrogens with zero attached hydrogens (tertiary/aromatic N) is 1. The smallest absolute Gasteiger partial charge is 0.344 e. The van der Waals surface area contributed by atoms with Crippen LogP contribution < -0.4 is 0 Å². The van der Waals surface area contributed by atoms with E-state index < -0.39 is 17.2 Å². The van der Waals surface area contributed by atoms with Crippen molar-refractivity contribution >= 4 is 5.97 Å². The Balaban J connectivity index is 1.88. The highest BCUT2D eigenvalue weighted by Gasteiger charge is 2.64. The number of hydrogen-bond donors (Lipinski definition) is 0. The van der Waals surface area contributed by atoms with Crippen molar-refractivity contribution in [2.24, 2.45) is 22.7 Å². The number of rotatable bonds is 4. The standard InChI is InChI=1S/C19H28FNO2/c1-5-17(4,20)15(22)23-16(2,3)19-9-13-6-14(10-19)8-18(7-13,11-19)12-21/h13-14H,5-11H2,1-4H3. The lowest BCUT2D eigenvalue weighted by molar-refractivity contribution is -0.214. The molecule has 0 N–H and O–H groups in total. The van der Waals surface area contributed by atoms with Gasteiger partial charge in [-0.2, -0.15) is 5.26 Å². The molecule has 0 saturated heterocycles. The summed E-state index contributed by atoms with van der Waals surface area (Å²) in [4.78, 5) is 12.3. The van der Waals surface area contributed by atoms with Gasteiger partial charge in [-0.05, 0) is 77.6 Å². The van der Waals surface area contributed by atoms with E-state index in [1.165, 1.54) is 13.3 Å². The summed E-state index contributed by atoms with van der Waals surface area (Å²) in [5.74, 6) is 0.348. The largest absolute Gasteiger partial charge is 0.457 e. The molecule has 4 rings (SSSR count). The average molecular weight is 321 g/mol. The maximum absolute atomic E-state index is 14.3. The minimum Gasteiger partial charge on any atom is -0.457 e. The Morgan fingerprint density at radius 1 is 1.26 bits per heavy atom. The van der Waals surface area contributed by atoms with Crippen LogP contribution in [0.4, 0.5) is 4.39 Å². The van der Waals surface area contributed by atoms with Crippen LogP contribution in [0.5, 0.6) is 0 Å². The highest BCUT2D eigenvalue weighted by molar-refractivity contribution is 5.79. The molecule has 4 bridgehead atoms. The second-order valence-electron chi connectivity index (χ2n) is 9.08. The zero-order valence-corrected chi connectivity index (χ0v) is 14.7. The van der Waals surface area contributed by atoms with Gasteiger partial charge in [0.2, 0.25) is 5.67 Å². The number of alkyl halides is 1. The van der Waals surface area contributed by atoms with E-state index in [0.29, 0.717) is 11.8 Å². The molecule has 3 nitrogen and oxygen atoms in total. The van der Waals surface area contributed by atoms with E-state index in [0.717, 1.165) is 32.1 Å². The van der Waals surface area contributed by atoms with Gasteiger partial charge < -0.3 is 4.74 Å². The molecular weight excluding hydrogens is 293 g/mol. The Hall–Kier alpha value is -1.11. The van der Waals surface area contributed by atoms with Gasteiger partial charge in [0.15, 0.2) is 0 Å². The van der Waals surface area contributed by atoms with E-state index in [-0.39, 0.29) is 17.3 Å². The molecule has 128 valence electrons. The Morgan fingerprint density at radius 2 is 1.83 bits per heavy atom. The van der Waals surface area contributed by atoms with E-state index in [2.05, 4.69) is 6.07 Å². The third kappa shape index (κ3) is 2.47. The van der Waals surface area contributed by atoms with Crippen LogP contribution in [-0.4, -0.2) is 17.2 Å². The molecule has 4 aliphatic carbocycles. The van der Waals surface area contributed by atoms with Crippen LogP contribution in [0, 0.1) is 34.0 Å². The molecule has 4 aliphatic rings. The Morgan fingerprint density at radius 3 is 2.30 bits per heavy atom. The first kappa shape index (κ1) is 16.7. The zero-order valence-electron chi connectivity index (χ0n) is 14.7. The third-order valence-electron chi connectivity index (χ3n) is 7.01. The number of ether oxygens (including phenoxy) is 1. The molecule has 0 aliphatic heterocycles. The third-order valence-corrected chi connectivity index (χ3v) is 7.01. The number of carbonyl (C=O) groups is 1. The number of esters is 1. The van der Waals surface area contributed by atoms with Gasteiger partial charge >= 0.3 is 5.97 Å². The molecule has 0 radical (unpaired) electrons. The first-order chi connectivity index (χ1) is 10.6. The van der Waals surface area contributed by atoms with E-state index in [4.69, 9.17) is 4.74 Å². The van der Waals surface area contributed by atoms with Crippen LogP contribution in [0.3, 0.4) is 0 Å². The van der Waals surface area contributed by atoms with Gasteiger partial charge in [0.05, 0.1) is 11.5 Å². The zero-order chi connectivity index (χ0) is 17.1. The molecule has 3 atom stereocenters. The number of carbonyl (C=O) groups excluding carboxylic acids is 1. The van der Waals surface area contributed by atoms with E-state index >= 15 is 0 Å². The quantitative estimate of drug-likeness (QED) is 0.713. The van der Waals surface area contributed by atoms with Crippen LogP contribution in [0.25, 0.3) is 0 Å². The molecule has 0 amide bonds. The molecule has 3 unspecified atom stereocenters. The maximum atomic E-state index is 14.3. The molecule has 0 heterocycles. The topological polar surface area (TPSA) is 50.1 Å². The van der Waals surface area contributed by atoms with Crippen molar-refractivity contribution in [3.63, 3.8) is 0 Å². The monoisotopic (exact) mass is 321 g/mol. The van der Waals surface area contributed by atoms with Crippen LogP contribution in [0.1, 0.15) is 72.6 Å². The van der Waals surface area contributed by atoms with Gasteiger partial charge in [0.25, 0.3) is 0 Å². The van der Waals surface area contributed by atoms with Crippen LogP contribution in [0.15, 0.2) is 0 Å². The van der Waals surface area contributed by atoms with Gasteiger partial charge in [-0.1, -0.05) is 6.92 Å². The molecule has 0 aromatic rings. The van der Waals surface area contributed by atoms with E-state index in [1.807, 2.05) is 13.8 Å². The van der Waals surface area contributed by atoms with Gasteiger partial charge in [-0.3, -0.25) is 0 Å². The lowest BCUT2D eigenvalue weighted by atomic mass is 9.41. The summed E-state index contributed by atoms with van der Waals surface area (Å²) in [6.07, 6.45) is 6.08. The van der Waals surface area contributed by atoms with Crippen molar-refractivity contribution in [1.29, 1.82) is 5.26 Å². The van der Waals surface area contributed by atoms with E-state index in [1.54, 1.807) is 6.92 Å². The molecule has 0 aromatic heterocycles. The highest BCUT2D eigenvalue weighted by Crippen LogP contribution is 2.68. The first-order valence-corrected chi connectivity index (χ1v) is 8.91. The molecule has 23 heavy (non-hydrogen) atoms. The fourth-order valence-corrected chi connectivity index (χ4v) is 5.69. The minimum absolute atomic E-state index is 0.113. The summed E-state index contributed by atoms with van der Waals surface area (Å²) in [5.41, 5.74) is -3.09. The van der Waals surface area contributed by atoms with Crippen molar-refractivity contribution in [2.75, 3.05) is 0 Å². The summed E-state index contributed by atoms with van der Waals surface area (Å²) in [5, 5.41) is 9.74. The fourth-order valence-electron chi connectivity index (χ4n) is 5.69. The lowest BCUT2D eigenvalue weighted by Gasteiger charge is -2.64. The van der Waals surface area contributed by atoms with Gasteiger partial charge in [0.1, 0.15) is 5.60 Å². The van der Waals surface area contributed by atoms with Gasteiger partial charge in [0, 0.05) is 5.41 Å². The minimum atomic E-state index is -1.94. The predicted octanol–water partition coefficient (Wildman–Crippen LogP) is 4.56. The second-order valence-corrected chi connectivity index (χ2v) is 9.08. The van der Waals surface area contributed by atoms with Crippen molar-refractivity contribution in [3.8, 4) is 6.07 Å². The maximum Gasteiger partial charge on any atom is 0.344 e. The van der Waals surface area contributed by atoms with Crippen LogP contribution in [-0.2, 0) is 9.53 Å². The summed E-state index contributed by atoms with van der Waals surface area (Å²) >= 11 is 0. The van der Waals surface area contributed by atoms with Crippen molar-refractivity contribution in [1.82, 2.24) is 0 Å². The predicted molar refractivity (Wildman–Crippen MR) is 85.1 cm³/mol. The molecule has 4 saturated carbocycles. The van der Waals surface area contributed by atoms with E-state index in [9.17, 15) is 14.4 Å². The molecule has 4 heteroatoms. The fraction of sp³-hybridized carbons (Fsp3) is 0.895. The average Bonchev–Trinajstić information content (AvgIpc) is 2.45. The molecule has 0 aromatic carbocycles. The Bertz CT molecular complexity index is 546. The molecule has 0 spiro atoms. The SMILES string of the molecule is CCC(C)(F)C(=O)OC(C)(C)C12CC3CC(CC(C#N)(C3)C1)C2. The van der Waals surface area contributed by atoms with Crippen LogP contribution in [0.2, 0.25) is 0 Å². The van der Waals surface area contributed by atoms with Crippen molar-refractivity contribution in [3.05, 3.63) is 0 Å². The van der Waals surface area contributed by atoms with Crippen molar-refractivity contribution in [2.45, 2.75) is 83.9 Å². The molecule has 4 fully saturated rings. The lowest BCUT2D eigenvalue weighted by Crippen LogP contribution is -2.61. The summed E-state index contributed by atoms with van der Waals surface area (Å²) in [6, 6.07) is 2.59. The highest BCUT2D eigenvalue weighted by atomic mass is 19.1. The molecular formula is C19H28FNO2. The summed E-state index contributed by atoms with van der Waals surface area (Å²) < 4.78 is 20.1. The number of hydrogen-bond acceptors (Lipinski definition) is 3. The Labute approximate surface area is 138 Å². The number of nitriles is 1. The Kier molecular flexibility index (Phi) is 3.60. The first-order valence-electron chi connectivity index (χ1n) is 8.91. The summed E-state index contributed by atoms with van der Waals surface area (Å²) in [6.45, 7) is 6.80. The normalized spacial score (nSPS) is 41.2. The van der Waals surface area contributed by atoms with Crippen LogP contribution >= 0.6 is 0 Å². The summed E-state index contributed by atoms with van der Waals surface area (Å²) in [7, 11) is 0. The second kappa shape index (κ2) is 4.94.